The monoisotopic (exact) mass is 278 g/mol. The van der Waals surface area contributed by atoms with Crippen LogP contribution in [0.25, 0.3) is 0 Å². The highest BCUT2D eigenvalue weighted by molar-refractivity contribution is 5.62. The second-order valence-corrected chi connectivity index (χ2v) is 4.03. The van der Waals surface area contributed by atoms with Gasteiger partial charge in [0.1, 0.15) is 5.69 Å². The summed E-state index contributed by atoms with van der Waals surface area (Å²) in [7, 11) is 0. The number of hydrogen-bond acceptors (Lipinski definition) is 5. The summed E-state index contributed by atoms with van der Waals surface area (Å²) in [6, 6.07) is 7.82. The first-order valence-corrected chi connectivity index (χ1v) is 5.67. The number of nitrogens with one attached hydrogen (secondary N) is 1. The minimum absolute atomic E-state index is 0.0675. The smallest absolute Gasteiger partial charge is 0.295 e. The van der Waals surface area contributed by atoms with E-state index in [1.165, 1.54) is 30.3 Å². The molecule has 0 fully saturated rings. The summed E-state index contributed by atoms with van der Waals surface area (Å²) in [4.78, 5) is 10.1. The Morgan fingerprint density at radius 1 is 1.20 bits per heavy atom. The lowest BCUT2D eigenvalue weighted by molar-refractivity contribution is -0.384. The van der Waals surface area contributed by atoms with Gasteiger partial charge >= 0.3 is 0 Å². The van der Waals surface area contributed by atoms with Crippen molar-refractivity contribution in [2.24, 2.45) is 0 Å². The third-order valence-corrected chi connectivity index (χ3v) is 2.74. The van der Waals surface area contributed by atoms with Crippen LogP contribution in [0.4, 0.5) is 15.8 Å². The standard InChI is InChI=1S/C13H11FN2O4/c14-9-4-2-5-10(16(19)20)12(9)15-7-8-3-1-6-11(17)13(8)18/h1-6,15,17-18H,7H2. The lowest BCUT2D eigenvalue weighted by Gasteiger charge is -2.10. The lowest BCUT2D eigenvalue weighted by atomic mass is 10.1. The SMILES string of the molecule is O=[N+]([O-])c1cccc(F)c1NCc1cccc(O)c1O. The molecule has 0 heterocycles. The first kappa shape index (κ1) is 13.6. The number of para-hydroxylation sites is 2. The number of halogens is 1. The van der Waals surface area contributed by atoms with Gasteiger partial charge in [-0.3, -0.25) is 10.1 Å². The lowest BCUT2D eigenvalue weighted by Crippen LogP contribution is -2.05. The van der Waals surface area contributed by atoms with Gasteiger partial charge in [0.05, 0.1) is 4.92 Å². The van der Waals surface area contributed by atoms with E-state index >= 15 is 0 Å². The maximum absolute atomic E-state index is 13.6. The molecule has 0 spiro atoms. The van der Waals surface area contributed by atoms with Gasteiger partial charge in [-0.05, 0) is 12.1 Å². The van der Waals surface area contributed by atoms with Gasteiger partial charge in [-0.1, -0.05) is 18.2 Å². The Kier molecular flexibility index (Phi) is 3.69. The van der Waals surface area contributed by atoms with Gasteiger partial charge in [0, 0.05) is 18.2 Å². The Bertz CT molecular complexity index is 661. The second-order valence-electron chi connectivity index (χ2n) is 4.03. The van der Waals surface area contributed by atoms with Crippen LogP contribution in [0.5, 0.6) is 11.5 Å². The first-order chi connectivity index (χ1) is 9.50. The molecule has 0 unspecified atom stereocenters. The van der Waals surface area contributed by atoms with Gasteiger partial charge in [-0.15, -0.1) is 0 Å². The zero-order valence-electron chi connectivity index (χ0n) is 10.2. The molecule has 0 aliphatic carbocycles. The Balaban J connectivity index is 2.27. The zero-order chi connectivity index (χ0) is 14.7. The minimum atomic E-state index is -0.765. The van der Waals surface area contributed by atoms with Gasteiger partial charge in [-0.2, -0.15) is 0 Å². The van der Waals surface area contributed by atoms with Gasteiger partial charge in [0.2, 0.25) is 0 Å². The summed E-state index contributed by atoms with van der Waals surface area (Å²) in [5.74, 6) is -1.43. The van der Waals surface area contributed by atoms with Gasteiger partial charge in [0.15, 0.2) is 17.3 Å². The number of phenols is 2. The average molecular weight is 278 g/mol. The van der Waals surface area contributed by atoms with Crippen LogP contribution in [0.15, 0.2) is 36.4 Å². The van der Waals surface area contributed by atoms with Crippen molar-refractivity contribution in [3.63, 3.8) is 0 Å². The molecule has 104 valence electrons. The summed E-state index contributed by atoms with van der Waals surface area (Å²) >= 11 is 0. The summed E-state index contributed by atoms with van der Waals surface area (Å²) in [5, 5.41) is 32.3. The van der Waals surface area contributed by atoms with Gasteiger partial charge in [0.25, 0.3) is 5.69 Å². The molecular formula is C13H11FN2O4. The predicted molar refractivity (Wildman–Crippen MR) is 70.2 cm³/mol. The van der Waals surface area contributed by atoms with Crippen LogP contribution in [0.1, 0.15) is 5.56 Å². The van der Waals surface area contributed by atoms with Crippen molar-refractivity contribution >= 4 is 11.4 Å². The zero-order valence-corrected chi connectivity index (χ0v) is 10.2. The molecular weight excluding hydrogens is 267 g/mol. The summed E-state index contributed by atoms with van der Waals surface area (Å²) < 4.78 is 13.6. The third kappa shape index (κ3) is 2.61. The number of phenolic OH excluding ortho intramolecular Hbond substituents is 2. The van der Waals surface area contributed by atoms with Crippen LogP contribution in [0.2, 0.25) is 0 Å². The van der Waals surface area contributed by atoms with Crippen molar-refractivity contribution in [3.8, 4) is 11.5 Å². The molecule has 0 aliphatic heterocycles. The van der Waals surface area contributed by atoms with E-state index in [1.54, 1.807) is 0 Å². The fourth-order valence-electron chi connectivity index (χ4n) is 1.74. The van der Waals surface area contributed by atoms with Crippen LogP contribution in [-0.4, -0.2) is 15.1 Å². The quantitative estimate of drug-likeness (QED) is 0.454. The molecule has 0 atom stereocenters. The number of rotatable bonds is 4. The summed E-state index contributed by atoms with van der Waals surface area (Å²) in [5.41, 5.74) is -0.368. The van der Waals surface area contributed by atoms with Gasteiger partial charge in [-0.25, -0.2) is 4.39 Å². The minimum Gasteiger partial charge on any atom is -0.504 e. The fourth-order valence-corrected chi connectivity index (χ4v) is 1.74. The number of nitro benzene ring substituents is 1. The van der Waals surface area contributed by atoms with E-state index in [9.17, 15) is 24.7 Å². The summed E-state index contributed by atoms with van der Waals surface area (Å²) in [6.45, 7) is -0.0675. The number of hydrogen-bond donors (Lipinski definition) is 3. The molecule has 7 heteroatoms. The molecule has 2 aromatic carbocycles. The Labute approximate surface area is 113 Å². The Morgan fingerprint density at radius 3 is 2.60 bits per heavy atom. The maximum atomic E-state index is 13.6. The Hall–Kier alpha value is -2.83. The van der Waals surface area contributed by atoms with Crippen molar-refractivity contribution in [2.45, 2.75) is 6.54 Å². The molecule has 0 aliphatic rings. The number of nitro groups is 1. The molecule has 2 aromatic rings. The van der Waals surface area contributed by atoms with E-state index in [4.69, 9.17) is 0 Å². The van der Waals surface area contributed by atoms with E-state index in [0.717, 1.165) is 6.07 Å². The van der Waals surface area contributed by atoms with Crippen molar-refractivity contribution in [1.82, 2.24) is 0 Å². The highest BCUT2D eigenvalue weighted by Crippen LogP contribution is 2.31. The van der Waals surface area contributed by atoms with Crippen LogP contribution in [0.3, 0.4) is 0 Å². The molecule has 0 bridgehead atoms. The van der Waals surface area contributed by atoms with Crippen molar-refractivity contribution in [3.05, 3.63) is 57.9 Å². The fraction of sp³-hybridized carbons (Fsp3) is 0.0769. The molecule has 0 aromatic heterocycles. The van der Waals surface area contributed by atoms with Crippen molar-refractivity contribution in [2.75, 3.05) is 5.32 Å². The van der Waals surface area contributed by atoms with E-state index < -0.39 is 16.4 Å². The van der Waals surface area contributed by atoms with E-state index in [-0.39, 0.29) is 23.7 Å². The molecule has 20 heavy (non-hydrogen) atoms. The van der Waals surface area contributed by atoms with Crippen LogP contribution < -0.4 is 5.32 Å². The first-order valence-electron chi connectivity index (χ1n) is 5.67. The van der Waals surface area contributed by atoms with Crippen LogP contribution in [0, 0.1) is 15.9 Å². The number of nitrogens with zero attached hydrogens (tertiary/aromatic N) is 1. The van der Waals surface area contributed by atoms with Crippen LogP contribution >= 0.6 is 0 Å². The number of anilines is 1. The topological polar surface area (TPSA) is 95.6 Å². The maximum Gasteiger partial charge on any atom is 0.295 e. The highest BCUT2D eigenvalue weighted by atomic mass is 19.1. The predicted octanol–water partition coefficient (Wildman–Crippen LogP) is 2.76. The average Bonchev–Trinajstić information content (AvgIpc) is 2.41. The third-order valence-electron chi connectivity index (χ3n) is 2.74. The largest absolute Gasteiger partial charge is 0.504 e. The molecule has 6 nitrogen and oxygen atoms in total. The van der Waals surface area contributed by atoms with E-state index in [2.05, 4.69) is 5.32 Å². The molecule has 3 N–H and O–H groups in total. The molecule has 0 amide bonds. The molecule has 0 saturated heterocycles. The van der Waals surface area contributed by atoms with E-state index in [1.807, 2.05) is 0 Å². The normalized spacial score (nSPS) is 10.2. The molecule has 2 rings (SSSR count). The highest BCUT2D eigenvalue weighted by Gasteiger charge is 2.18. The Morgan fingerprint density at radius 2 is 1.90 bits per heavy atom. The number of aromatic hydroxyl groups is 2. The molecule has 0 saturated carbocycles. The van der Waals surface area contributed by atoms with Gasteiger partial charge < -0.3 is 15.5 Å². The van der Waals surface area contributed by atoms with Crippen molar-refractivity contribution < 1.29 is 19.5 Å². The summed E-state index contributed by atoms with van der Waals surface area (Å²) in [6.07, 6.45) is 0. The van der Waals surface area contributed by atoms with Crippen molar-refractivity contribution in [1.29, 1.82) is 0 Å². The number of benzene rings is 2. The van der Waals surface area contributed by atoms with Crippen LogP contribution in [-0.2, 0) is 6.54 Å². The second kappa shape index (κ2) is 5.43. The van der Waals surface area contributed by atoms with E-state index in [0.29, 0.717) is 5.56 Å². The molecule has 0 radical (unpaired) electrons.